The van der Waals surface area contributed by atoms with Gasteiger partial charge in [-0.05, 0) is 174 Å². The molecule has 14 rings (SSSR count). The van der Waals surface area contributed by atoms with Gasteiger partial charge in [0.15, 0.2) is 0 Å². The Bertz CT molecular complexity index is 3740. The fraction of sp³-hybridized carbons (Fsp3) is 0.129. The van der Waals surface area contributed by atoms with E-state index in [-0.39, 0.29) is 11.8 Å². The van der Waals surface area contributed by atoms with E-state index in [9.17, 15) is 0 Å². The molecule has 2 aliphatic rings. The van der Waals surface area contributed by atoms with Crippen molar-refractivity contribution >= 4 is 65.2 Å². The molecule has 8 aromatic carbocycles. The maximum Gasteiger partial charge on any atom is 0.0645 e. The van der Waals surface area contributed by atoms with Crippen LogP contribution in [0.3, 0.4) is 0 Å². The summed E-state index contributed by atoms with van der Waals surface area (Å²) in [5, 5.41) is 10.2. The van der Waals surface area contributed by atoms with Crippen molar-refractivity contribution in [2.24, 2.45) is 0 Å². The van der Waals surface area contributed by atoms with Crippen LogP contribution < -0.4 is 0 Å². The van der Waals surface area contributed by atoms with Crippen molar-refractivity contribution in [1.29, 1.82) is 0 Å². The number of hydrogen-bond acceptors (Lipinski definition) is 2. The first kappa shape index (κ1) is 37.5. The van der Waals surface area contributed by atoms with Crippen LogP contribution in [0.25, 0.3) is 110 Å². The zero-order chi connectivity index (χ0) is 43.9. The number of rotatable bonds is 4. The fourth-order valence-electron chi connectivity index (χ4n) is 12.3. The molecule has 4 heteroatoms. The number of nitrogens with zero attached hydrogens (tertiary/aromatic N) is 4. The Labute approximate surface area is 383 Å². The molecule has 12 aromatic rings. The maximum atomic E-state index is 4.70. The minimum absolute atomic E-state index is 0.210. The van der Waals surface area contributed by atoms with Crippen LogP contribution in [0.15, 0.2) is 183 Å². The van der Waals surface area contributed by atoms with E-state index < -0.39 is 0 Å². The second-order valence-corrected chi connectivity index (χ2v) is 19.1. The second-order valence-electron chi connectivity index (χ2n) is 19.1. The second kappa shape index (κ2) is 13.8. The summed E-state index contributed by atoms with van der Waals surface area (Å²) in [6, 6.07) is 59.0. The Hall–Kier alpha value is -7.82. The molecule has 4 heterocycles. The third kappa shape index (κ3) is 5.15. The molecular formula is C62H46N4. The van der Waals surface area contributed by atoms with E-state index in [2.05, 4.69) is 195 Å². The lowest BCUT2D eigenvalue weighted by Crippen LogP contribution is -2.24. The first-order chi connectivity index (χ1) is 32.4. The Kier molecular flexibility index (Phi) is 7.87. The molecule has 4 nitrogen and oxygen atoms in total. The highest BCUT2D eigenvalue weighted by Gasteiger charge is 2.42. The predicted molar refractivity (Wildman–Crippen MR) is 276 cm³/mol. The summed E-state index contributed by atoms with van der Waals surface area (Å²) in [5.74, 6) is 1.04. The van der Waals surface area contributed by atoms with Crippen molar-refractivity contribution in [1.82, 2.24) is 19.1 Å². The van der Waals surface area contributed by atoms with E-state index in [1.165, 1.54) is 121 Å². The number of hydrogen-bond donors (Lipinski definition) is 0. The fourth-order valence-corrected chi connectivity index (χ4v) is 12.3. The van der Waals surface area contributed by atoms with Gasteiger partial charge in [-0.3, -0.25) is 9.97 Å². The third-order valence-electron chi connectivity index (χ3n) is 15.9. The minimum atomic E-state index is 0.210. The Morgan fingerprint density at radius 1 is 0.364 bits per heavy atom. The zero-order valence-electron chi connectivity index (χ0n) is 37.4. The van der Waals surface area contributed by atoms with E-state index in [1.54, 1.807) is 0 Å². The van der Waals surface area contributed by atoms with E-state index >= 15 is 0 Å². The molecule has 4 atom stereocenters. The van der Waals surface area contributed by atoms with Crippen molar-refractivity contribution < 1.29 is 0 Å². The Morgan fingerprint density at radius 2 is 0.773 bits per heavy atom. The largest absolute Gasteiger partial charge is 0.307 e. The lowest BCUT2D eigenvalue weighted by Gasteiger charge is -2.42. The smallest absolute Gasteiger partial charge is 0.0645 e. The van der Waals surface area contributed by atoms with Crippen molar-refractivity contribution in [3.05, 3.63) is 205 Å². The molecule has 2 aliphatic carbocycles. The normalized spacial score (nSPS) is 17.7. The van der Waals surface area contributed by atoms with Crippen LogP contribution in [0.5, 0.6) is 0 Å². The van der Waals surface area contributed by atoms with Crippen molar-refractivity contribution in [3.63, 3.8) is 0 Å². The van der Waals surface area contributed by atoms with Gasteiger partial charge in [0.25, 0.3) is 0 Å². The van der Waals surface area contributed by atoms with E-state index in [0.717, 1.165) is 11.4 Å². The van der Waals surface area contributed by atoms with Crippen LogP contribution in [-0.2, 0) is 0 Å². The molecule has 314 valence electrons. The van der Waals surface area contributed by atoms with Crippen LogP contribution in [0.1, 0.15) is 73.6 Å². The van der Waals surface area contributed by atoms with Gasteiger partial charge in [0, 0.05) is 33.9 Å². The minimum Gasteiger partial charge on any atom is -0.307 e. The molecule has 4 unspecified atom stereocenters. The molecule has 66 heavy (non-hydrogen) atoms. The van der Waals surface area contributed by atoms with Gasteiger partial charge in [0.2, 0.25) is 0 Å². The molecule has 0 bridgehead atoms. The number of pyridine rings is 2. The first-order valence-corrected chi connectivity index (χ1v) is 23.5. The van der Waals surface area contributed by atoms with Crippen molar-refractivity contribution in [2.45, 2.75) is 51.4 Å². The lowest BCUT2D eigenvalue weighted by atomic mass is 9.62. The summed E-state index contributed by atoms with van der Waals surface area (Å²) in [5.41, 5.74) is 20.8. The number of aromatic nitrogens is 4. The van der Waals surface area contributed by atoms with E-state index in [0.29, 0.717) is 11.8 Å². The van der Waals surface area contributed by atoms with Crippen LogP contribution in [-0.4, -0.2) is 19.1 Å². The first-order valence-electron chi connectivity index (χ1n) is 23.5. The lowest BCUT2D eigenvalue weighted by molar-refractivity contribution is 0.584. The monoisotopic (exact) mass is 846 g/mol. The number of fused-ring (bicyclic) bond motifs is 10. The summed E-state index contributed by atoms with van der Waals surface area (Å²) in [7, 11) is 0. The van der Waals surface area contributed by atoms with Crippen LogP contribution in [0.2, 0.25) is 0 Å². The Morgan fingerprint density at radius 3 is 1.20 bits per heavy atom. The van der Waals surface area contributed by atoms with E-state index in [1.807, 2.05) is 24.8 Å². The molecular weight excluding hydrogens is 801 g/mol. The molecule has 0 fully saturated rings. The highest BCUT2D eigenvalue weighted by molar-refractivity contribution is 6.17. The quantitative estimate of drug-likeness (QED) is 0.177. The molecule has 0 saturated heterocycles. The average molecular weight is 847 g/mol. The SMILES string of the molecule is CC1c2cc3c4cc(-c5ccc6ccccc6c5)ccc4n(-c4cccnc4)c3c3c2-c2c(cc4c5cc(-c6ccc7ccccc7c6)ccc5n(-c5cccnc5)c4c2C(C)C3C)C1C. The standard InChI is InChI=1S/C62H46N4/c1-35-36(2)50-32-54-52-30-46(44-20-18-40-12-6-8-14-42(40)28-44)22-24-56(52)66(48-16-10-26-64-34-48)62(54)58-38(4)37(3)57-59(60(50)58)49(35)31-53-51-29-45(43-19-17-39-11-5-7-13-41(39)27-43)21-23-55(51)65(61(53)57)47-15-9-25-63-33-47/h5-38H,1-4H3. The summed E-state index contributed by atoms with van der Waals surface area (Å²) in [4.78, 5) is 9.40. The van der Waals surface area contributed by atoms with Crippen LogP contribution in [0.4, 0.5) is 0 Å². The highest BCUT2D eigenvalue weighted by Crippen LogP contribution is 2.61. The summed E-state index contributed by atoms with van der Waals surface area (Å²) in [6.07, 6.45) is 7.83. The van der Waals surface area contributed by atoms with Crippen molar-refractivity contribution in [2.75, 3.05) is 0 Å². The number of benzene rings is 8. The van der Waals surface area contributed by atoms with E-state index in [4.69, 9.17) is 9.97 Å². The van der Waals surface area contributed by atoms with Crippen molar-refractivity contribution in [3.8, 4) is 44.8 Å². The van der Waals surface area contributed by atoms with Gasteiger partial charge in [0.1, 0.15) is 0 Å². The molecule has 4 aromatic heterocycles. The van der Waals surface area contributed by atoms with Gasteiger partial charge >= 0.3 is 0 Å². The molecule has 0 N–H and O–H groups in total. The van der Waals surface area contributed by atoms with Crippen LogP contribution in [0, 0.1) is 0 Å². The molecule has 0 spiro atoms. The topological polar surface area (TPSA) is 35.6 Å². The summed E-state index contributed by atoms with van der Waals surface area (Å²) < 4.78 is 5.04. The van der Waals surface area contributed by atoms with Gasteiger partial charge in [-0.15, -0.1) is 0 Å². The summed E-state index contributed by atoms with van der Waals surface area (Å²) in [6.45, 7) is 9.92. The maximum absolute atomic E-state index is 4.70. The summed E-state index contributed by atoms with van der Waals surface area (Å²) >= 11 is 0. The van der Waals surface area contributed by atoms with Gasteiger partial charge in [0.05, 0.1) is 45.8 Å². The molecule has 0 amide bonds. The van der Waals surface area contributed by atoms with Gasteiger partial charge in [-0.25, -0.2) is 0 Å². The Balaban J connectivity index is 1.08. The molecule has 0 saturated carbocycles. The highest BCUT2D eigenvalue weighted by atomic mass is 15.0. The zero-order valence-corrected chi connectivity index (χ0v) is 37.4. The molecule has 0 radical (unpaired) electrons. The molecule has 0 aliphatic heterocycles. The van der Waals surface area contributed by atoms with Gasteiger partial charge in [-0.1, -0.05) is 113 Å². The third-order valence-corrected chi connectivity index (χ3v) is 15.9. The van der Waals surface area contributed by atoms with Gasteiger partial charge < -0.3 is 9.13 Å². The predicted octanol–water partition coefficient (Wildman–Crippen LogP) is 16.4. The van der Waals surface area contributed by atoms with Gasteiger partial charge in [-0.2, -0.15) is 0 Å². The van der Waals surface area contributed by atoms with Crippen LogP contribution >= 0.6 is 0 Å². The average Bonchev–Trinajstić information content (AvgIpc) is 3.88.